The monoisotopic (exact) mass is 304 g/mol. The molecular weight excluding hydrogens is 276 g/mol. The van der Waals surface area contributed by atoms with Crippen molar-refractivity contribution >= 4 is 11.3 Å². The van der Waals surface area contributed by atoms with Crippen LogP contribution in [0.4, 0.5) is 0 Å². The van der Waals surface area contributed by atoms with E-state index in [4.69, 9.17) is 0 Å². The summed E-state index contributed by atoms with van der Waals surface area (Å²) in [6, 6.07) is 2.31. The van der Waals surface area contributed by atoms with Crippen LogP contribution in [-0.2, 0) is 6.42 Å². The average molecular weight is 305 g/mol. The fourth-order valence-corrected chi connectivity index (χ4v) is 5.68. The Bertz CT molecular complexity index is 456. The molecule has 1 aromatic heterocycles. The number of nitrogens with zero attached hydrogens (tertiary/aromatic N) is 1. The van der Waals surface area contributed by atoms with Crippen molar-refractivity contribution in [3.05, 3.63) is 22.4 Å². The van der Waals surface area contributed by atoms with Gasteiger partial charge in [-0.3, -0.25) is 4.90 Å². The summed E-state index contributed by atoms with van der Waals surface area (Å²) in [6.07, 6.45) is 12.6. The van der Waals surface area contributed by atoms with Gasteiger partial charge in [-0.2, -0.15) is 11.3 Å². The van der Waals surface area contributed by atoms with E-state index >= 15 is 0 Å². The first kappa shape index (κ1) is 14.2. The maximum Gasteiger partial charge on any atom is 0.0335 e. The van der Waals surface area contributed by atoms with Crippen LogP contribution in [0, 0.1) is 0 Å². The van der Waals surface area contributed by atoms with Crippen molar-refractivity contribution in [2.75, 3.05) is 19.6 Å². The molecule has 3 heteroatoms. The second-order valence-corrected chi connectivity index (χ2v) is 8.36. The molecule has 3 fully saturated rings. The minimum Gasteiger partial charge on any atom is -0.308 e. The highest BCUT2D eigenvalue weighted by atomic mass is 32.1. The van der Waals surface area contributed by atoms with E-state index in [1.807, 2.05) is 11.3 Å². The van der Waals surface area contributed by atoms with Gasteiger partial charge in [0.2, 0.25) is 0 Å². The van der Waals surface area contributed by atoms with Gasteiger partial charge < -0.3 is 5.32 Å². The first-order valence-electron chi connectivity index (χ1n) is 8.82. The number of rotatable bonds is 3. The minimum atomic E-state index is 0.461. The number of nitrogens with one attached hydrogen (secondary N) is 1. The molecule has 2 heterocycles. The van der Waals surface area contributed by atoms with Gasteiger partial charge in [0, 0.05) is 30.7 Å². The lowest BCUT2D eigenvalue weighted by atomic mass is 9.84. The third kappa shape index (κ3) is 2.69. The zero-order chi connectivity index (χ0) is 14.2. The fourth-order valence-electron chi connectivity index (χ4n) is 4.98. The van der Waals surface area contributed by atoms with Crippen LogP contribution in [0.1, 0.15) is 56.9 Å². The lowest BCUT2D eigenvalue weighted by molar-refractivity contribution is 0.0102. The van der Waals surface area contributed by atoms with Gasteiger partial charge in [-0.05, 0) is 54.5 Å². The third-order valence-electron chi connectivity index (χ3n) is 6.30. The van der Waals surface area contributed by atoms with E-state index in [0.717, 1.165) is 0 Å². The maximum absolute atomic E-state index is 4.01. The summed E-state index contributed by atoms with van der Waals surface area (Å²) in [4.78, 5) is 2.90. The highest BCUT2D eigenvalue weighted by molar-refractivity contribution is 7.07. The molecule has 1 aromatic rings. The molecule has 2 spiro atoms. The average Bonchev–Trinajstić information content (AvgIpc) is 3.23. The molecule has 1 N–H and O–H groups in total. The van der Waals surface area contributed by atoms with Gasteiger partial charge in [0.05, 0.1) is 0 Å². The van der Waals surface area contributed by atoms with Gasteiger partial charge in [0.25, 0.3) is 0 Å². The molecule has 0 aromatic carbocycles. The Morgan fingerprint density at radius 2 is 1.86 bits per heavy atom. The van der Waals surface area contributed by atoms with Crippen molar-refractivity contribution in [2.24, 2.45) is 0 Å². The first-order valence-corrected chi connectivity index (χ1v) is 9.76. The summed E-state index contributed by atoms with van der Waals surface area (Å²) >= 11 is 1.84. The van der Waals surface area contributed by atoms with Gasteiger partial charge in [-0.1, -0.05) is 25.7 Å². The Balaban J connectivity index is 1.49. The Kier molecular flexibility index (Phi) is 3.85. The van der Waals surface area contributed by atoms with Crippen LogP contribution < -0.4 is 5.32 Å². The Morgan fingerprint density at radius 3 is 2.57 bits per heavy atom. The molecule has 0 amide bonds. The van der Waals surface area contributed by atoms with E-state index in [2.05, 4.69) is 27.0 Å². The van der Waals surface area contributed by atoms with Crippen molar-refractivity contribution in [1.82, 2.24) is 10.2 Å². The van der Waals surface area contributed by atoms with Gasteiger partial charge in [0.1, 0.15) is 0 Å². The molecule has 116 valence electrons. The summed E-state index contributed by atoms with van der Waals surface area (Å²) in [5, 5.41) is 8.56. The van der Waals surface area contributed by atoms with Crippen LogP contribution in [0.15, 0.2) is 16.8 Å². The second kappa shape index (κ2) is 5.68. The highest BCUT2D eigenvalue weighted by Gasteiger charge is 2.48. The number of thiophene rings is 1. The van der Waals surface area contributed by atoms with Crippen LogP contribution in [0.25, 0.3) is 0 Å². The molecule has 1 saturated heterocycles. The van der Waals surface area contributed by atoms with Crippen LogP contribution >= 0.6 is 11.3 Å². The van der Waals surface area contributed by atoms with Crippen LogP contribution in [0.2, 0.25) is 0 Å². The largest absolute Gasteiger partial charge is 0.308 e. The van der Waals surface area contributed by atoms with E-state index in [-0.39, 0.29) is 0 Å². The van der Waals surface area contributed by atoms with E-state index in [1.54, 1.807) is 0 Å². The van der Waals surface area contributed by atoms with E-state index in [1.165, 1.54) is 83.0 Å². The molecule has 3 aliphatic rings. The zero-order valence-electron chi connectivity index (χ0n) is 13.1. The zero-order valence-corrected chi connectivity index (χ0v) is 13.9. The van der Waals surface area contributed by atoms with Crippen LogP contribution in [-0.4, -0.2) is 35.6 Å². The maximum atomic E-state index is 4.01. The SMILES string of the molecule is c1cc(CCN2CC3(CCCC3)NCC23CCCC3)cs1. The minimum absolute atomic E-state index is 0.461. The quantitative estimate of drug-likeness (QED) is 0.913. The van der Waals surface area contributed by atoms with Crippen molar-refractivity contribution in [2.45, 2.75) is 68.9 Å². The second-order valence-electron chi connectivity index (χ2n) is 7.58. The lowest BCUT2D eigenvalue weighted by Gasteiger charge is -2.53. The van der Waals surface area contributed by atoms with E-state index in [0.29, 0.717) is 11.1 Å². The van der Waals surface area contributed by atoms with E-state index in [9.17, 15) is 0 Å². The normalized spacial score (nSPS) is 27.8. The molecule has 2 nitrogen and oxygen atoms in total. The van der Waals surface area contributed by atoms with Crippen molar-refractivity contribution in [3.8, 4) is 0 Å². The predicted octanol–water partition coefficient (Wildman–Crippen LogP) is 3.82. The van der Waals surface area contributed by atoms with Gasteiger partial charge in [-0.15, -0.1) is 0 Å². The highest BCUT2D eigenvalue weighted by Crippen LogP contribution is 2.42. The lowest BCUT2D eigenvalue weighted by Crippen LogP contribution is -2.68. The third-order valence-corrected chi connectivity index (χ3v) is 7.03. The van der Waals surface area contributed by atoms with Gasteiger partial charge >= 0.3 is 0 Å². The Labute approximate surface area is 132 Å². The smallest absolute Gasteiger partial charge is 0.0335 e. The molecule has 1 aliphatic heterocycles. The number of hydrogen-bond donors (Lipinski definition) is 1. The number of hydrogen-bond acceptors (Lipinski definition) is 3. The molecule has 4 rings (SSSR count). The topological polar surface area (TPSA) is 15.3 Å². The molecule has 0 unspecified atom stereocenters. The Morgan fingerprint density at radius 1 is 1.10 bits per heavy atom. The van der Waals surface area contributed by atoms with Crippen molar-refractivity contribution in [1.29, 1.82) is 0 Å². The number of piperazine rings is 1. The van der Waals surface area contributed by atoms with Gasteiger partial charge in [-0.25, -0.2) is 0 Å². The molecule has 0 radical (unpaired) electrons. The van der Waals surface area contributed by atoms with Crippen LogP contribution in [0.5, 0.6) is 0 Å². The fraction of sp³-hybridized carbons (Fsp3) is 0.778. The van der Waals surface area contributed by atoms with E-state index < -0.39 is 0 Å². The van der Waals surface area contributed by atoms with Crippen molar-refractivity contribution in [3.63, 3.8) is 0 Å². The molecular formula is C18H28N2S. The molecule has 2 aliphatic carbocycles. The summed E-state index contributed by atoms with van der Waals surface area (Å²) in [5.41, 5.74) is 2.49. The first-order chi connectivity index (χ1) is 10.3. The van der Waals surface area contributed by atoms with Gasteiger partial charge in [0.15, 0.2) is 0 Å². The summed E-state index contributed by atoms with van der Waals surface area (Å²) in [7, 11) is 0. The summed E-state index contributed by atoms with van der Waals surface area (Å²) in [5.74, 6) is 0. The predicted molar refractivity (Wildman–Crippen MR) is 90.0 cm³/mol. The molecule has 0 bridgehead atoms. The molecule has 0 atom stereocenters. The summed E-state index contributed by atoms with van der Waals surface area (Å²) < 4.78 is 0. The summed E-state index contributed by atoms with van der Waals surface area (Å²) in [6.45, 7) is 3.81. The Hall–Kier alpha value is -0.380. The standard InChI is InChI=1S/C18H28N2S/c1-2-8-17(7-1)15-20(11-5-16-6-12-21-13-16)18(14-19-17)9-3-4-10-18/h6,12-13,19H,1-5,7-11,14-15H2. The molecule has 2 saturated carbocycles. The van der Waals surface area contributed by atoms with Crippen molar-refractivity contribution < 1.29 is 0 Å². The molecule has 21 heavy (non-hydrogen) atoms. The van der Waals surface area contributed by atoms with Crippen LogP contribution in [0.3, 0.4) is 0 Å².